The second kappa shape index (κ2) is 7.57. The lowest BCUT2D eigenvalue weighted by Crippen LogP contribution is -2.17. The molecule has 134 valence electrons. The van der Waals surface area contributed by atoms with Crippen molar-refractivity contribution >= 4 is 38.6 Å². The predicted molar refractivity (Wildman–Crippen MR) is 94.2 cm³/mol. The molecule has 0 aliphatic heterocycles. The van der Waals surface area contributed by atoms with E-state index in [4.69, 9.17) is 5.11 Å². The second-order valence-electron chi connectivity index (χ2n) is 5.73. The molecule has 0 saturated carbocycles. The van der Waals surface area contributed by atoms with Crippen LogP contribution >= 0.6 is 11.3 Å². The van der Waals surface area contributed by atoms with Gasteiger partial charge >= 0.3 is 5.97 Å². The largest absolute Gasteiger partial charge is 0.481 e. The van der Waals surface area contributed by atoms with Crippen molar-refractivity contribution in [2.24, 2.45) is 0 Å². The van der Waals surface area contributed by atoms with Crippen LogP contribution in [-0.2, 0) is 9.59 Å². The molecule has 1 heterocycles. The number of carbonyl (C=O) groups is 2. The summed E-state index contributed by atoms with van der Waals surface area (Å²) in [4.78, 5) is 27.6. The van der Waals surface area contributed by atoms with Crippen LogP contribution in [0.1, 0.15) is 24.3 Å². The molecule has 0 spiro atoms. The minimum atomic E-state index is -1.08. The highest BCUT2D eigenvalue weighted by Gasteiger charge is 2.20. The Hall–Kier alpha value is -2.87. The monoisotopic (exact) mass is 376 g/mol. The summed E-state index contributed by atoms with van der Waals surface area (Å²) in [6, 6.07) is 9.65. The van der Waals surface area contributed by atoms with Crippen molar-refractivity contribution in [2.75, 3.05) is 5.32 Å². The van der Waals surface area contributed by atoms with E-state index in [0.29, 0.717) is 20.9 Å². The Kier molecular flexibility index (Phi) is 5.22. The number of rotatable bonds is 6. The third kappa shape index (κ3) is 4.40. The average Bonchev–Trinajstić information content (AvgIpc) is 2.94. The number of anilines is 1. The van der Waals surface area contributed by atoms with Gasteiger partial charge in [-0.25, -0.2) is 13.8 Å². The first-order valence-electron chi connectivity index (χ1n) is 7.74. The fourth-order valence-electron chi connectivity index (χ4n) is 2.63. The van der Waals surface area contributed by atoms with E-state index < -0.39 is 29.4 Å². The molecule has 3 aromatic rings. The number of nitrogens with one attached hydrogen (secondary N) is 1. The maximum Gasteiger partial charge on any atom is 0.303 e. The summed E-state index contributed by atoms with van der Waals surface area (Å²) in [5.74, 6) is -3.09. The van der Waals surface area contributed by atoms with Crippen LogP contribution in [0.3, 0.4) is 0 Å². The topological polar surface area (TPSA) is 79.3 Å². The lowest BCUT2D eigenvalue weighted by molar-refractivity contribution is -0.137. The second-order valence-corrected chi connectivity index (χ2v) is 6.76. The van der Waals surface area contributed by atoms with E-state index in [-0.39, 0.29) is 12.8 Å². The first kappa shape index (κ1) is 17.9. The number of hydrogen-bond acceptors (Lipinski definition) is 4. The van der Waals surface area contributed by atoms with Gasteiger partial charge in [-0.15, -0.1) is 0 Å². The summed E-state index contributed by atoms with van der Waals surface area (Å²) < 4.78 is 27.2. The molecule has 1 atom stereocenters. The van der Waals surface area contributed by atoms with E-state index in [9.17, 15) is 18.4 Å². The van der Waals surface area contributed by atoms with Crippen molar-refractivity contribution in [1.29, 1.82) is 0 Å². The van der Waals surface area contributed by atoms with Crippen LogP contribution in [0, 0.1) is 11.6 Å². The van der Waals surface area contributed by atoms with Crippen molar-refractivity contribution in [3.8, 4) is 0 Å². The molecule has 8 heteroatoms. The zero-order chi connectivity index (χ0) is 18.7. The Morgan fingerprint density at radius 3 is 2.62 bits per heavy atom. The predicted octanol–water partition coefficient (Wildman–Crippen LogP) is 4.16. The van der Waals surface area contributed by atoms with Gasteiger partial charge in [-0.05, 0) is 35.9 Å². The molecule has 5 nitrogen and oxygen atoms in total. The van der Waals surface area contributed by atoms with Crippen molar-refractivity contribution in [1.82, 2.24) is 4.98 Å². The number of thiazole rings is 1. The van der Waals surface area contributed by atoms with Crippen LogP contribution in [0.25, 0.3) is 10.2 Å². The van der Waals surface area contributed by atoms with Crippen molar-refractivity contribution in [3.05, 3.63) is 59.7 Å². The highest BCUT2D eigenvalue weighted by atomic mass is 32.1. The van der Waals surface area contributed by atoms with Crippen molar-refractivity contribution in [2.45, 2.75) is 18.8 Å². The molecule has 0 bridgehead atoms. The van der Waals surface area contributed by atoms with Crippen LogP contribution in [0.4, 0.5) is 13.9 Å². The van der Waals surface area contributed by atoms with Gasteiger partial charge in [0.2, 0.25) is 5.91 Å². The zero-order valence-electron chi connectivity index (χ0n) is 13.4. The van der Waals surface area contributed by atoms with Gasteiger partial charge in [0.1, 0.15) is 11.6 Å². The molecule has 1 amide bonds. The van der Waals surface area contributed by atoms with Crippen LogP contribution in [0.15, 0.2) is 42.5 Å². The van der Waals surface area contributed by atoms with E-state index in [2.05, 4.69) is 10.3 Å². The Morgan fingerprint density at radius 2 is 1.88 bits per heavy atom. The minimum Gasteiger partial charge on any atom is -0.481 e. The highest BCUT2D eigenvalue weighted by Crippen LogP contribution is 2.28. The van der Waals surface area contributed by atoms with E-state index in [1.54, 1.807) is 6.07 Å². The van der Waals surface area contributed by atoms with Crippen LogP contribution < -0.4 is 5.32 Å². The van der Waals surface area contributed by atoms with Crippen molar-refractivity contribution < 1.29 is 23.5 Å². The molecule has 3 rings (SSSR count). The number of halogens is 2. The van der Waals surface area contributed by atoms with Gasteiger partial charge in [0.25, 0.3) is 0 Å². The SMILES string of the molecule is O=C(O)CC(CC(=O)Nc1nc2ccc(F)cc2s1)c1cccc(F)c1. The highest BCUT2D eigenvalue weighted by molar-refractivity contribution is 7.22. The minimum absolute atomic E-state index is 0.139. The number of nitrogens with zero attached hydrogens (tertiary/aromatic N) is 1. The number of amides is 1. The third-order valence-electron chi connectivity index (χ3n) is 3.77. The maximum absolute atomic E-state index is 13.4. The summed E-state index contributed by atoms with van der Waals surface area (Å²) in [6.45, 7) is 0. The summed E-state index contributed by atoms with van der Waals surface area (Å²) in [6.07, 6.45) is -0.442. The quantitative estimate of drug-likeness (QED) is 0.677. The van der Waals surface area contributed by atoms with Gasteiger partial charge in [-0.3, -0.25) is 9.59 Å². The van der Waals surface area contributed by atoms with Crippen LogP contribution in [-0.4, -0.2) is 22.0 Å². The number of carboxylic acids is 1. The lowest BCUT2D eigenvalue weighted by atomic mass is 9.92. The molecule has 2 aromatic carbocycles. The van der Waals surface area contributed by atoms with Gasteiger partial charge in [-0.1, -0.05) is 23.5 Å². The molecule has 0 aliphatic carbocycles. The first-order valence-corrected chi connectivity index (χ1v) is 8.55. The van der Waals surface area contributed by atoms with Gasteiger partial charge in [0.15, 0.2) is 5.13 Å². The van der Waals surface area contributed by atoms with Crippen LogP contribution in [0.2, 0.25) is 0 Å². The van der Waals surface area contributed by atoms with Gasteiger partial charge in [-0.2, -0.15) is 0 Å². The number of carbonyl (C=O) groups excluding carboxylic acids is 1. The van der Waals surface area contributed by atoms with E-state index >= 15 is 0 Å². The van der Waals surface area contributed by atoms with Crippen molar-refractivity contribution in [3.63, 3.8) is 0 Å². The Labute approximate surface area is 151 Å². The third-order valence-corrected chi connectivity index (χ3v) is 4.70. The average molecular weight is 376 g/mol. The molecular weight excluding hydrogens is 362 g/mol. The molecule has 1 aromatic heterocycles. The smallest absolute Gasteiger partial charge is 0.303 e. The summed E-state index contributed by atoms with van der Waals surface area (Å²) in [7, 11) is 0. The number of aliphatic carboxylic acids is 1. The fourth-order valence-corrected chi connectivity index (χ4v) is 3.53. The first-order chi connectivity index (χ1) is 12.4. The van der Waals surface area contributed by atoms with Gasteiger partial charge in [0, 0.05) is 12.3 Å². The fraction of sp³-hybridized carbons (Fsp3) is 0.167. The summed E-state index contributed by atoms with van der Waals surface area (Å²) in [5, 5.41) is 12.0. The number of carboxylic acid groups (broad SMARTS) is 1. The van der Waals surface area contributed by atoms with Gasteiger partial charge < -0.3 is 10.4 Å². The number of benzene rings is 2. The molecule has 2 N–H and O–H groups in total. The number of hydrogen-bond donors (Lipinski definition) is 2. The maximum atomic E-state index is 13.4. The molecule has 26 heavy (non-hydrogen) atoms. The van der Waals surface area contributed by atoms with E-state index in [0.717, 1.165) is 11.3 Å². The normalized spacial score (nSPS) is 12.1. The zero-order valence-corrected chi connectivity index (χ0v) is 14.2. The molecule has 0 saturated heterocycles. The number of aromatic nitrogens is 1. The Morgan fingerprint density at radius 1 is 1.12 bits per heavy atom. The van der Waals surface area contributed by atoms with Gasteiger partial charge in [0.05, 0.1) is 16.6 Å². The lowest BCUT2D eigenvalue weighted by Gasteiger charge is -2.14. The van der Waals surface area contributed by atoms with Crippen LogP contribution in [0.5, 0.6) is 0 Å². The Balaban J connectivity index is 1.75. The van der Waals surface area contributed by atoms with E-state index in [1.807, 2.05) is 0 Å². The molecular formula is C18H14F2N2O3S. The Bertz CT molecular complexity index is 974. The summed E-state index contributed by atoms with van der Waals surface area (Å²) in [5.41, 5.74) is 0.993. The molecule has 0 radical (unpaired) electrons. The molecule has 0 fully saturated rings. The number of fused-ring (bicyclic) bond motifs is 1. The van der Waals surface area contributed by atoms with E-state index in [1.165, 1.54) is 36.4 Å². The molecule has 0 aliphatic rings. The summed E-state index contributed by atoms with van der Waals surface area (Å²) >= 11 is 1.12. The molecule has 1 unspecified atom stereocenters. The standard InChI is InChI=1S/C18H14F2N2O3S/c19-12-3-1-2-10(6-12)11(8-17(24)25)7-16(23)22-18-21-14-5-4-13(20)9-15(14)26-18/h1-6,9,11H,7-8H2,(H,24,25)(H,21,22,23).